The minimum atomic E-state index is -1.87. The highest BCUT2D eigenvalue weighted by molar-refractivity contribution is 7.09. The lowest BCUT2D eigenvalue weighted by molar-refractivity contribution is -0.147. The number of benzene rings is 1. The second kappa shape index (κ2) is 7.95. The number of carbonyl (C=O) groups excluding carboxylic acids is 2. The summed E-state index contributed by atoms with van der Waals surface area (Å²) in [6.07, 6.45) is -1.65. The molecule has 24 heavy (non-hydrogen) atoms. The van der Waals surface area contributed by atoms with Crippen molar-refractivity contribution in [1.29, 1.82) is 0 Å². The smallest absolute Gasteiger partial charge is 0.413 e. The van der Waals surface area contributed by atoms with Crippen LogP contribution in [0.15, 0.2) is 30.3 Å². The van der Waals surface area contributed by atoms with E-state index in [1.165, 1.54) is 0 Å². The fraction of sp³-hybridized carbons (Fsp3) is 0.529. The van der Waals surface area contributed by atoms with Crippen molar-refractivity contribution < 1.29 is 25.0 Å². The SMILES string of the molecule is [2H][C@]1(CCOP)C(=O)O[C@@H](C(C)(C)C)N1C(=O)OCc1ccccc1. The minimum absolute atomic E-state index is 0.0116. The van der Waals surface area contributed by atoms with Gasteiger partial charge in [-0.05, 0) is 5.56 Å². The van der Waals surface area contributed by atoms with Gasteiger partial charge in [0.2, 0.25) is 0 Å². The zero-order chi connectivity index (χ0) is 18.7. The van der Waals surface area contributed by atoms with Crippen LogP contribution in [0.5, 0.6) is 0 Å². The molecule has 132 valence electrons. The largest absolute Gasteiger partial charge is 0.444 e. The molecule has 1 aliphatic heterocycles. The molecule has 0 bridgehead atoms. The maximum Gasteiger partial charge on any atom is 0.413 e. The number of rotatable bonds is 5. The van der Waals surface area contributed by atoms with Crippen molar-refractivity contribution in [2.45, 2.75) is 46.0 Å². The number of hydrogen-bond acceptors (Lipinski definition) is 5. The van der Waals surface area contributed by atoms with Gasteiger partial charge in [0.05, 0.1) is 7.98 Å². The summed E-state index contributed by atoms with van der Waals surface area (Å²) >= 11 is 0. The van der Waals surface area contributed by atoms with Gasteiger partial charge in [-0.3, -0.25) is 4.90 Å². The summed E-state index contributed by atoms with van der Waals surface area (Å²) in [5.74, 6) is -0.772. The van der Waals surface area contributed by atoms with E-state index in [4.69, 9.17) is 15.4 Å². The number of cyclic esters (lactones) is 1. The molecule has 3 atom stereocenters. The average Bonchev–Trinajstić information content (AvgIpc) is 2.84. The third-order valence-electron chi connectivity index (χ3n) is 3.58. The van der Waals surface area contributed by atoms with E-state index in [2.05, 4.69) is 9.47 Å². The zero-order valence-electron chi connectivity index (χ0n) is 15.2. The van der Waals surface area contributed by atoms with E-state index in [0.29, 0.717) is 0 Å². The van der Waals surface area contributed by atoms with E-state index in [1.807, 2.05) is 51.1 Å². The van der Waals surface area contributed by atoms with E-state index in [1.54, 1.807) is 0 Å². The van der Waals surface area contributed by atoms with Crippen molar-refractivity contribution in [1.82, 2.24) is 4.90 Å². The maximum absolute atomic E-state index is 12.7. The summed E-state index contributed by atoms with van der Waals surface area (Å²) in [6, 6.07) is 7.34. The van der Waals surface area contributed by atoms with Gasteiger partial charge in [-0.2, -0.15) is 0 Å². The molecule has 6 nitrogen and oxygen atoms in total. The predicted octanol–water partition coefficient (Wildman–Crippen LogP) is 3.12. The minimum Gasteiger partial charge on any atom is -0.444 e. The van der Waals surface area contributed by atoms with Gasteiger partial charge in [-0.25, -0.2) is 9.59 Å². The summed E-state index contributed by atoms with van der Waals surface area (Å²) < 4.78 is 24.1. The van der Waals surface area contributed by atoms with Crippen molar-refractivity contribution in [2.24, 2.45) is 5.41 Å². The van der Waals surface area contributed by atoms with E-state index in [-0.39, 0.29) is 19.6 Å². The topological polar surface area (TPSA) is 65.1 Å². The Kier molecular flexibility index (Phi) is 5.69. The lowest BCUT2D eigenvalue weighted by atomic mass is 9.93. The molecule has 1 heterocycles. The molecule has 0 aliphatic carbocycles. The summed E-state index contributed by atoms with van der Waals surface area (Å²) in [7, 11) is 2.07. The van der Waals surface area contributed by atoms with Crippen molar-refractivity contribution in [3.8, 4) is 0 Å². The van der Waals surface area contributed by atoms with Crippen LogP contribution in [-0.2, 0) is 25.4 Å². The Hall–Kier alpha value is -1.65. The van der Waals surface area contributed by atoms with Gasteiger partial charge in [0.1, 0.15) is 12.6 Å². The average molecular weight is 354 g/mol. The van der Waals surface area contributed by atoms with Crippen molar-refractivity contribution in [2.75, 3.05) is 6.61 Å². The Balaban J connectivity index is 2.22. The Morgan fingerprint density at radius 1 is 1.38 bits per heavy atom. The lowest BCUT2D eigenvalue weighted by Crippen LogP contribution is -2.48. The summed E-state index contributed by atoms with van der Waals surface area (Å²) in [4.78, 5) is 26.1. The first-order valence-electron chi connectivity index (χ1n) is 8.23. The van der Waals surface area contributed by atoms with Gasteiger partial charge in [0, 0.05) is 21.3 Å². The second-order valence-electron chi connectivity index (χ2n) is 6.60. The van der Waals surface area contributed by atoms with E-state index in [9.17, 15) is 9.59 Å². The first kappa shape index (κ1) is 17.2. The molecule has 7 heteroatoms. The Bertz CT molecular complexity index is 621. The van der Waals surface area contributed by atoms with Gasteiger partial charge >= 0.3 is 12.1 Å². The highest BCUT2D eigenvalue weighted by Crippen LogP contribution is 2.34. The van der Waals surface area contributed by atoms with Crippen LogP contribution in [0.1, 0.15) is 34.1 Å². The molecular weight excluding hydrogens is 329 g/mol. The highest BCUT2D eigenvalue weighted by Gasteiger charge is 2.50. The highest BCUT2D eigenvalue weighted by atomic mass is 31.0. The van der Waals surface area contributed by atoms with Crippen molar-refractivity contribution in [3.63, 3.8) is 0 Å². The Labute approximate surface area is 146 Å². The number of hydrogen-bond donors (Lipinski definition) is 0. The van der Waals surface area contributed by atoms with Crippen LogP contribution in [0.25, 0.3) is 0 Å². The standard InChI is InChI=1S/C17H24NO5P/c1-17(2,3)15-18(13(9-10-22-24)14(19)23-15)16(20)21-11-12-7-5-4-6-8-12/h4-8,13,15H,9-11,24H2,1-3H3/t13-,15-/m0/s1/i13D. The normalized spacial score (nSPS) is 24.5. The van der Waals surface area contributed by atoms with Crippen LogP contribution in [0.2, 0.25) is 0 Å². The fourth-order valence-corrected chi connectivity index (χ4v) is 2.52. The van der Waals surface area contributed by atoms with Gasteiger partial charge in [0.15, 0.2) is 6.23 Å². The van der Waals surface area contributed by atoms with Gasteiger partial charge in [-0.15, -0.1) is 0 Å². The van der Waals surface area contributed by atoms with Crippen LogP contribution in [0.3, 0.4) is 0 Å². The Morgan fingerprint density at radius 3 is 2.62 bits per heavy atom. The van der Waals surface area contributed by atoms with Crippen molar-refractivity contribution in [3.05, 3.63) is 35.9 Å². The second-order valence-corrected chi connectivity index (χ2v) is 6.93. The van der Waals surface area contributed by atoms with E-state index >= 15 is 0 Å². The number of amides is 1. The number of carbonyl (C=O) groups is 2. The number of ether oxygens (including phenoxy) is 2. The molecule has 0 saturated carbocycles. The quantitative estimate of drug-likeness (QED) is 0.600. The molecule has 1 aliphatic rings. The van der Waals surface area contributed by atoms with E-state index in [0.717, 1.165) is 10.5 Å². The predicted molar refractivity (Wildman–Crippen MR) is 91.9 cm³/mol. The molecule has 1 unspecified atom stereocenters. The molecule has 1 saturated heterocycles. The van der Waals surface area contributed by atoms with Gasteiger partial charge in [-0.1, -0.05) is 51.1 Å². The Morgan fingerprint density at radius 2 is 2.04 bits per heavy atom. The first-order valence-corrected chi connectivity index (χ1v) is 8.20. The molecule has 0 radical (unpaired) electrons. The van der Waals surface area contributed by atoms with Crippen LogP contribution in [0.4, 0.5) is 4.79 Å². The number of nitrogens with zero attached hydrogens (tertiary/aromatic N) is 1. The van der Waals surface area contributed by atoms with Crippen LogP contribution >= 0.6 is 9.47 Å². The molecule has 1 aromatic rings. The molecule has 1 amide bonds. The molecular formula is C17H24NO5P. The lowest BCUT2D eigenvalue weighted by Gasteiger charge is -2.33. The third-order valence-corrected chi connectivity index (χ3v) is 3.81. The first-order chi connectivity index (χ1) is 11.7. The van der Waals surface area contributed by atoms with Crippen LogP contribution in [-0.4, -0.2) is 35.8 Å². The number of esters is 1. The van der Waals surface area contributed by atoms with E-state index < -0.39 is 29.7 Å². The summed E-state index contributed by atoms with van der Waals surface area (Å²) in [6.45, 7) is 5.67. The van der Waals surface area contributed by atoms with Gasteiger partial charge in [0.25, 0.3) is 0 Å². The molecule has 1 aromatic carbocycles. The zero-order valence-corrected chi connectivity index (χ0v) is 15.3. The fourth-order valence-electron chi connectivity index (χ4n) is 2.40. The maximum atomic E-state index is 12.7. The van der Waals surface area contributed by atoms with Crippen LogP contribution < -0.4 is 0 Å². The third kappa shape index (κ3) is 4.46. The molecule has 0 aromatic heterocycles. The summed E-state index contributed by atoms with van der Waals surface area (Å²) in [5, 5.41) is 0. The van der Waals surface area contributed by atoms with Crippen LogP contribution in [0, 0.1) is 5.41 Å². The molecule has 0 spiro atoms. The molecule has 0 N–H and O–H groups in total. The molecule has 1 fully saturated rings. The molecule has 2 rings (SSSR count). The monoisotopic (exact) mass is 354 g/mol. The van der Waals surface area contributed by atoms with Gasteiger partial charge < -0.3 is 14.0 Å². The summed E-state index contributed by atoms with van der Waals surface area (Å²) in [5.41, 5.74) is 0.255. The van der Waals surface area contributed by atoms with Crippen molar-refractivity contribution >= 4 is 21.5 Å².